The van der Waals surface area contributed by atoms with Gasteiger partial charge in [-0.15, -0.1) is 11.8 Å². The van der Waals surface area contributed by atoms with Gasteiger partial charge >= 0.3 is 5.97 Å². The molecule has 0 spiro atoms. The van der Waals surface area contributed by atoms with Crippen LogP contribution in [0.5, 0.6) is 0 Å². The van der Waals surface area contributed by atoms with Gasteiger partial charge < -0.3 is 5.11 Å². The van der Waals surface area contributed by atoms with E-state index in [1.165, 1.54) is 11.8 Å². The average Bonchev–Trinajstić information content (AvgIpc) is 2.13. The Morgan fingerprint density at radius 3 is 2.67 bits per heavy atom. The van der Waals surface area contributed by atoms with Gasteiger partial charge in [0.2, 0.25) is 0 Å². The number of carboxylic acid groups (broad SMARTS) is 1. The molecule has 0 aromatic heterocycles. The van der Waals surface area contributed by atoms with Gasteiger partial charge in [-0.1, -0.05) is 0 Å². The predicted molar refractivity (Wildman–Crippen MR) is 33.5 cm³/mol. The lowest BCUT2D eigenvalue weighted by atomic mass is 10.2. The third-order valence-electron chi connectivity index (χ3n) is 1.15. The molecule has 1 atom stereocenters. The van der Waals surface area contributed by atoms with Crippen LogP contribution in [-0.4, -0.2) is 27.9 Å². The van der Waals surface area contributed by atoms with E-state index in [1.807, 2.05) is 0 Å². The molecule has 0 saturated carbocycles. The summed E-state index contributed by atoms with van der Waals surface area (Å²) < 4.78 is 0. The van der Waals surface area contributed by atoms with Gasteiger partial charge in [0.15, 0.2) is 11.0 Å². The largest absolute Gasteiger partial charge is 0.480 e. The summed E-state index contributed by atoms with van der Waals surface area (Å²) in [4.78, 5) is 20.8. The zero-order valence-electron chi connectivity index (χ0n) is 4.66. The van der Waals surface area contributed by atoms with Crippen LogP contribution in [0.25, 0.3) is 0 Å². The van der Waals surface area contributed by atoms with Crippen molar-refractivity contribution in [3.05, 3.63) is 0 Å². The first-order chi connectivity index (χ1) is 4.22. The second kappa shape index (κ2) is 2.39. The van der Waals surface area contributed by atoms with Gasteiger partial charge in [0, 0.05) is 12.2 Å². The highest BCUT2D eigenvalue weighted by Gasteiger charge is 2.31. The maximum absolute atomic E-state index is 10.6. The molecule has 0 aromatic carbocycles. The Labute approximate surface area is 56.4 Å². The van der Waals surface area contributed by atoms with Gasteiger partial charge in [-0.25, -0.2) is 0 Å². The van der Waals surface area contributed by atoms with E-state index in [9.17, 15) is 9.59 Å². The number of hydrogen-bond donors (Lipinski definition) is 1. The molecule has 1 rings (SSSR count). The topological polar surface area (TPSA) is 54.4 Å². The Morgan fingerprint density at radius 2 is 2.44 bits per heavy atom. The first kappa shape index (κ1) is 6.61. The van der Waals surface area contributed by atoms with Crippen LogP contribution in [0.4, 0.5) is 0 Å². The van der Waals surface area contributed by atoms with Crippen LogP contribution in [0, 0.1) is 0 Å². The van der Waals surface area contributed by atoms with Crippen LogP contribution in [-0.2, 0) is 9.59 Å². The highest BCUT2D eigenvalue weighted by atomic mass is 32.2. The first-order valence-electron chi connectivity index (χ1n) is 2.59. The van der Waals surface area contributed by atoms with Crippen molar-refractivity contribution >= 4 is 23.5 Å². The summed E-state index contributed by atoms with van der Waals surface area (Å²) in [6.45, 7) is 0. The van der Waals surface area contributed by atoms with Crippen molar-refractivity contribution in [1.82, 2.24) is 0 Å². The van der Waals surface area contributed by atoms with Crippen molar-refractivity contribution in [3.63, 3.8) is 0 Å². The van der Waals surface area contributed by atoms with Gasteiger partial charge in [0.25, 0.3) is 0 Å². The Balaban J connectivity index is 2.60. The van der Waals surface area contributed by atoms with Gasteiger partial charge in [0.1, 0.15) is 0 Å². The van der Waals surface area contributed by atoms with Crippen molar-refractivity contribution in [1.29, 1.82) is 0 Å². The number of Topliss-reactive ketones (excluding diaryl/α,β-unsaturated/α-hetero) is 1. The molecule has 0 aromatic rings. The predicted octanol–water partition coefficient (Wildman–Crippen LogP) is 0.146. The van der Waals surface area contributed by atoms with E-state index in [0.717, 1.165) is 0 Å². The molecule has 50 valence electrons. The Hall–Kier alpha value is -0.510. The fourth-order valence-electron chi connectivity index (χ4n) is 0.710. The van der Waals surface area contributed by atoms with Crippen LogP contribution < -0.4 is 0 Å². The molecule has 1 aliphatic heterocycles. The number of ketones is 1. The summed E-state index contributed by atoms with van der Waals surface area (Å²) in [6, 6.07) is 0. The number of carbonyl (C=O) groups excluding carboxylic acids is 1. The van der Waals surface area contributed by atoms with E-state index in [1.54, 1.807) is 0 Å². The molecule has 1 heterocycles. The lowest BCUT2D eigenvalue weighted by molar-refractivity contribution is -0.139. The van der Waals surface area contributed by atoms with Crippen LogP contribution in [0.2, 0.25) is 0 Å². The second-order valence-electron chi connectivity index (χ2n) is 1.81. The van der Waals surface area contributed by atoms with Crippen LogP contribution in [0.3, 0.4) is 0 Å². The molecule has 0 radical (unpaired) electrons. The molecule has 1 saturated heterocycles. The lowest BCUT2D eigenvalue weighted by Crippen LogP contribution is -2.21. The zero-order valence-corrected chi connectivity index (χ0v) is 5.48. The molecule has 9 heavy (non-hydrogen) atoms. The van der Waals surface area contributed by atoms with Gasteiger partial charge in [-0.2, -0.15) is 0 Å². The summed E-state index contributed by atoms with van der Waals surface area (Å²) in [7, 11) is 0. The summed E-state index contributed by atoms with van der Waals surface area (Å²) >= 11 is 1.21. The van der Waals surface area contributed by atoms with E-state index in [2.05, 4.69) is 0 Å². The quantitative estimate of drug-likeness (QED) is 0.535. The molecule has 1 fully saturated rings. The summed E-state index contributed by atoms with van der Waals surface area (Å²) in [6.07, 6.45) is 0.418. The minimum atomic E-state index is -0.998. The number of carboxylic acids is 1. The Kier molecular flexibility index (Phi) is 1.75. The SMILES string of the molecule is O=C(O)C1SCCC1=O. The van der Waals surface area contributed by atoms with Crippen molar-refractivity contribution in [2.45, 2.75) is 11.7 Å². The maximum atomic E-state index is 10.6. The standard InChI is InChI=1S/C5H6O3S/c6-3-1-2-9-4(3)5(7)8/h4H,1-2H2,(H,7,8). The normalized spacial score (nSPS) is 26.7. The zero-order chi connectivity index (χ0) is 6.85. The number of aliphatic carboxylic acids is 1. The van der Waals surface area contributed by atoms with E-state index in [4.69, 9.17) is 5.11 Å². The summed E-state index contributed by atoms with van der Waals surface area (Å²) in [5, 5.41) is 7.57. The molecular formula is C5H6O3S. The third-order valence-corrected chi connectivity index (χ3v) is 2.39. The van der Waals surface area contributed by atoms with E-state index < -0.39 is 11.2 Å². The van der Waals surface area contributed by atoms with Crippen molar-refractivity contribution in [2.75, 3.05) is 5.75 Å². The third kappa shape index (κ3) is 1.24. The Bertz CT molecular complexity index is 154. The van der Waals surface area contributed by atoms with Crippen molar-refractivity contribution in [3.8, 4) is 0 Å². The second-order valence-corrected chi connectivity index (χ2v) is 3.02. The van der Waals surface area contributed by atoms with Crippen LogP contribution in [0.1, 0.15) is 6.42 Å². The molecular weight excluding hydrogens is 140 g/mol. The molecule has 1 unspecified atom stereocenters. The smallest absolute Gasteiger partial charge is 0.324 e. The molecule has 0 amide bonds. The van der Waals surface area contributed by atoms with Crippen LogP contribution >= 0.6 is 11.8 Å². The fraction of sp³-hybridized carbons (Fsp3) is 0.600. The van der Waals surface area contributed by atoms with Crippen LogP contribution in [0.15, 0.2) is 0 Å². The molecule has 0 aliphatic carbocycles. The lowest BCUT2D eigenvalue weighted by Gasteiger charge is -1.96. The first-order valence-corrected chi connectivity index (χ1v) is 3.64. The molecule has 3 nitrogen and oxygen atoms in total. The van der Waals surface area contributed by atoms with Crippen molar-refractivity contribution < 1.29 is 14.7 Å². The number of hydrogen-bond acceptors (Lipinski definition) is 3. The highest BCUT2D eigenvalue weighted by Crippen LogP contribution is 2.22. The van der Waals surface area contributed by atoms with Gasteiger partial charge in [0.05, 0.1) is 0 Å². The van der Waals surface area contributed by atoms with E-state index >= 15 is 0 Å². The maximum Gasteiger partial charge on any atom is 0.324 e. The summed E-state index contributed by atoms with van der Waals surface area (Å²) in [5.41, 5.74) is 0. The Morgan fingerprint density at radius 1 is 1.78 bits per heavy atom. The molecule has 4 heteroatoms. The monoisotopic (exact) mass is 146 g/mol. The number of thioether (sulfide) groups is 1. The van der Waals surface area contributed by atoms with Crippen molar-refractivity contribution in [2.24, 2.45) is 0 Å². The highest BCUT2D eigenvalue weighted by molar-refractivity contribution is 8.01. The molecule has 1 N–H and O–H groups in total. The van der Waals surface area contributed by atoms with E-state index in [0.29, 0.717) is 12.2 Å². The fourth-order valence-corrected chi connectivity index (χ4v) is 1.71. The summed E-state index contributed by atoms with van der Waals surface area (Å²) in [5.74, 6) is -0.481. The minimum absolute atomic E-state index is 0.146. The average molecular weight is 146 g/mol. The molecule has 1 aliphatic rings. The number of carbonyl (C=O) groups is 2. The van der Waals surface area contributed by atoms with Gasteiger partial charge in [-0.05, 0) is 0 Å². The molecule has 0 bridgehead atoms. The number of rotatable bonds is 1. The van der Waals surface area contributed by atoms with E-state index in [-0.39, 0.29) is 5.78 Å². The van der Waals surface area contributed by atoms with Gasteiger partial charge in [-0.3, -0.25) is 9.59 Å². The minimum Gasteiger partial charge on any atom is -0.480 e.